The summed E-state index contributed by atoms with van der Waals surface area (Å²) >= 11 is 0. The zero-order chi connectivity index (χ0) is 17.6. The molecule has 1 aromatic heterocycles. The van der Waals surface area contributed by atoms with Gasteiger partial charge in [0.2, 0.25) is 0 Å². The summed E-state index contributed by atoms with van der Waals surface area (Å²) in [5, 5.41) is 16.9. The molecule has 1 aliphatic carbocycles. The van der Waals surface area contributed by atoms with E-state index in [1.165, 1.54) is 6.07 Å². The quantitative estimate of drug-likeness (QED) is 0.570. The van der Waals surface area contributed by atoms with Crippen LogP contribution in [0, 0.1) is 5.82 Å². The van der Waals surface area contributed by atoms with E-state index in [0.717, 1.165) is 44.5 Å². The van der Waals surface area contributed by atoms with Crippen molar-refractivity contribution in [2.24, 2.45) is 10.9 Å². The molecular formula is C17H20FN5O2. The van der Waals surface area contributed by atoms with Gasteiger partial charge in [-0.05, 0) is 25.0 Å². The number of carboxylic acid groups (broad SMARTS) is 1. The lowest BCUT2D eigenvalue weighted by Gasteiger charge is -2.30. The monoisotopic (exact) mass is 345 g/mol. The van der Waals surface area contributed by atoms with Crippen LogP contribution in [0.3, 0.4) is 0 Å². The molecule has 1 saturated heterocycles. The Morgan fingerprint density at radius 3 is 2.64 bits per heavy atom. The van der Waals surface area contributed by atoms with Crippen molar-refractivity contribution < 1.29 is 14.3 Å². The molecule has 25 heavy (non-hydrogen) atoms. The third kappa shape index (κ3) is 2.72. The second kappa shape index (κ2) is 6.03. The number of hydrogen-bond donors (Lipinski definition) is 3. The van der Waals surface area contributed by atoms with Gasteiger partial charge in [-0.15, -0.1) is 0 Å². The molecule has 1 saturated carbocycles. The second-order valence-electron chi connectivity index (χ2n) is 6.52. The fourth-order valence-corrected chi connectivity index (χ4v) is 3.47. The lowest BCUT2D eigenvalue weighted by Crippen LogP contribution is -2.43. The average molecular weight is 345 g/mol. The van der Waals surface area contributed by atoms with Crippen molar-refractivity contribution in [1.29, 1.82) is 0 Å². The Labute approximate surface area is 143 Å². The number of halogens is 1. The maximum Gasteiger partial charge on any atom is 0.339 e. The lowest BCUT2D eigenvalue weighted by molar-refractivity contribution is 0.0694. The summed E-state index contributed by atoms with van der Waals surface area (Å²) in [5.74, 6) is 3.94. The van der Waals surface area contributed by atoms with E-state index in [1.807, 2.05) is 9.47 Å². The van der Waals surface area contributed by atoms with Crippen molar-refractivity contribution in [3.8, 4) is 0 Å². The molecule has 1 aliphatic heterocycles. The van der Waals surface area contributed by atoms with E-state index >= 15 is 0 Å². The van der Waals surface area contributed by atoms with Gasteiger partial charge in [0.25, 0.3) is 0 Å². The SMILES string of the molecule is NN=c1c(C(=O)O)cn(C2CC2)c2cc(N3CCNCC3)c(F)cc12. The Balaban J connectivity index is 1.99. The van der Waals surface area contributed by atoms with Crippen molar-refractivity contribution in [1.82, 2.24) is 9.88 Å². The van der Waals surface area contributed by atoms with E-state index < -0.39 is 5.97 Å². The predicted octanol–water partition coefficient (Wildman–Crippen LogP) is 0.998. The van der Waals surface area contributed by atoms with E-state index in [0.29, 0.717) is 11.1 Å². The van der Waals surface area contributed by atoms with Crippen LogP contribution in [-0.2, 0) is 0 Å². The Bertz CT molecular complexity index is 913. The number of rotatable bonds is 3. The van der Waals surface area contributed by atoms with Crippen LogP contribution >= 0.6 is 0 Å². The fraction of sp³-hybridized carbons (Fsp3) is 0.412. The number of aromatic carboxylic acids is 1. The van der Waals surface area contributed by atoms with Crippen LogP contribution in [0.25, 0.3) is 10.9 Å². The molecule has 0 unspecified atom stereocenters. The smallest absolute Gasteiger partial charge is 0.339 e. The standard InChI is InChI=1S/C17H20FN5O2/c18-13-7-11-14(8-15(13)22-5-3-20-4-6-22)23(10-1-2-10)9-12(17(24)25)16(11)21-19/h7-10,20H,1-6,19H2,(H,24,25). The van der Waals surface area contributed by atoms with Gasteiger partial charge in [0, 0.05) is 43.8 Å². The second-order valence-corrected chi connectivity index (χ2v) is 6.52. The van der Waals surface area contributed by atoms with Gasteiger partial charge in [-0.2, -0.15) is 5.10 Å². The minimum atomic E-state index is -1.12. The molecule has 0 radical (unpaired) electrons. The lowest BCUT2D eigenvalue weighted by atomic mass is 10.1. The zero-order valence-electron chi connectivity index (χ0n) is 13.7. The molecule has 2 aliphatic rings. The first kappa shape index (κ1) is 15.9. The highest BCUT2D eigenvalue weighted by Gasteiger charge is 2.27. The Morgan fingerprint density at radius 1 is 1.32 bits per heavy atom. The Morgan fingerprint density at radius 2 is 2.04 bits per heavy atom. The van der Waals surface area contributed by atoms with Crippen LogP contribution < -0.4 is 21.4 Å². The minimum Gasteiger partial charge on any atom is -0.478 e. The molecule has 4 rings (SSSR count). The highest BCUT2D eigenvalue weighted by molar-refractivity contribution is 5.93. The molecule has 1 aromatic carbocycles. The highest BCUT2D eigenvalue weighted by Crippen LogP contribution is 2.38. The van der Waals surface area contributed by atoms with Gasteiger partial charge in [-0.1, -0.05) is 0 Å². The van der Waals surface area contributed by atoms with Crippen molar-refractivity contribution in [3.63, 3.8) is 0 Å². The number of aromatic nitrogens is 1. The molecule has 2 aromatic rings. The van der Waals surface area contributed by atoms with E-state index in [9.17, 15) is 14.3 Å². The van der Waals surface area contributed by atoms with Gasteiger partial charge >= 0.3 is 5.97 Å². The molecule has 4 N–H and O–H groups in total. The summed E-state index contributed by atoms with van der Waals surface area (Å²) < 4.78 is 16.7. The Hall–Kier alpha value is -2.61. The predicted molar refractivity (Wildman–Crippen MR) is 92.0 cm³/mol. The minimum absolute atomic E-state index is 0.00350. The van der Waals surface area contributed by atoms with Gasteiger partial charge in [-0.3, -0.25) is 0 Å². The maximum absolute atomic E-state index is 14.8. The third-order valence-electron chi connectivity index (χ3n) is 4.88. The first-order valence-corrected chi connectivity index (χ1v) is 8.41. The van der Waals surface area contributed by atoms with Crippen molar-refractivity contribution in [2.45, 2.75) is 18.9 Å². The number of hydrogen-bond acceptors (Lipinski definition) is 5. The van der Waals surface area contributed by atoms with Crippen LogP contribution in [0.5, 0.6) is 0 Å². The van der Waals surface area contributed by atoms with Crippen molar-refractivity contribution >= 4 is 22.6 Å². The molecular weight excluding hydrogens is 325 g/mol. The van der Waals surface area contributed by atoms with Crippen molar-refractivity contribution in [2.75, 3.05) is 31.1 Å². The van der Waals surface area contributed by atoms with Crippen LogP contribution in [-0.4, -0.2) is 41.8 Å². The molecule has 0 atom stereocenters. The number of carbonyl (C=O) groups is 1. The highest BCUT2D eigenvalue weighted by atomic mass is 19.1. The van der Waals surface area contributed by atoms with Crippen LogP contribution in [0.15, 0.2) is 23.4 Å². The Kier molecular flexibility index (Phi) is 3.84. The summed E-state index contributed by atoms with van der Waals surface area (Å²) in [6.45, 7) is 3.07. The molecule has 8 heteroatoms. The number of pyridine rings is 1. The number of carboxylic acids is 1. The van der Waals surface area contributed by atoms with E-state index in [4.69, 9.17) is 5.84 Å². The van der Waals surface area contributed by atoms with E-state index in [1.54, 1.807) is 12.3 Å². The topological polar surface area (TPSA) is 95.9 Å². The first-order chi connectivity index (χ1) is 12.1. The molecule has 2 fully saturated rings. The summed E-state index contributed by atoms with van der Waals surface area (Å²) in [4.78, 5) is 13.6. The summed E-state index contributed by atoms with van der Waals surface area (Å²) in [5.41, 5.74) is 1.30. The van der Waals surface area contributed by atoms with Gasteiger partial charge in [0.1, 0.15) is 16.7 Å². The van der Waals surface area contributed by atoms with Gasteiger partial charge < -0.3 is 25.7 Å². The average Bonchev–Trinajstić information content (AvgIpc) is 3.45. The van der Waals surface area contributed by atoms with Gasteiger partial charge in [0.05, 0.1) is 11.2 Å². The number of anilines is 1. The van der Waals surface area contributed by atoms with Gasteiger partial charge in [0.15, 0.2) is 0 Å². The number of nitrogens with zero attached hydrogens (tertiary/aromatic N) is 3. The molecule has 132 valence electrons. The molecule has 2 heterocycles. The van der Waals surface area contributed by atoms with Gasteiger partial charge in [-0.25, -0.2) is 9.18 Å². The maximum atomic E-state index is 14.8. The van der Waals surface area contributed by atoms with Crippen molar-refractivity contribution in [3.05, 3.63) is 35.1 Å². The molecule has 0 bridgehead atoms. The zero-order valence-corrected chi connectivity index (χ0v) is 13.7. The van der Waals surface area contributed by atoms with Crippen LogP contribution in [0.4, 0.5) is 10.1 Å². The van der Waals surface area contributed by atoms with Crippen LogP contribution in [0.2, 0.25) is 0 Å². The molecule has 0 amide bonds. The molecule has 7 nitrogen and oxygen atoms in total. The normalized spacial score (nSPS) is 18.8. The summed E-state index contributed by atoms with van der Waals surface area (Å²) in [7, 11) is 0. The van der Waals surface area contributed by atoms with Crippen LogP contribution in [0.1, 0.15) is 29.2 Å². The fourth-order valence-electron chi connectivity index (χ4n) is 3.47. The summed E-state index contributed by atoms with van der Waals surface area (Å²) in [6, 6.07) is 3.41. The molecule has 0 spiro atoms. The summed E-state index contributed by atoms with van der Waals surface area (Å²) in [6.07, 6.45) is 3.55. The first-order valence-electron chi connectivity index (χ1n) is 8.41. The van der Waals surface area contributed by atoms with E-state index in [-0.39, 0.29) is 22.8 Å². The number of nitrogens with one attached hydrogen (secondary N) is 1. The largest absolute Gasteiger partial charge is 0.478 e. The number of nitrogens with two attached hydrogens (primary N) is 1. The van der Waals surface area contributed by atoms with E-state index in [2.05, 4.69) is 10.4 Å². The number of fused-ring (bicyclic) bond motifs is 1. The number of piperazine rings is 1. The third-order valence-corrected chi connectivity index (χ3v) is 4.88. The number of benzene rings is 1.